The van der Waals surface area contributed by atoms with Gasteiger partial charge in [-0.3, -0.25) is 0 Å². The molecule has 0 radical (unpaired) electrons. The Morgan fingerprint density at radius 1 is 0.905 bits per heavy atom. The summed E-state index contributed by atoms with van der Waals surface area (Å²) in [5.74, 6) is 0. The topological polar surface area (TPSA) is 12.0 Å². The largest absolute Gasteiger partial charge is 0.313 e. The number of hydrogen-bond donors (Lipinski definition) is 1. The minimum Gasteiger partial charge on any atom is -0.313 e. The van der Waals surface area contributed by atoms with E-state index >= 15 is 0 Å². The molecule has 106 valence electrons. The van der Waals surface area contributed by atoms with Gasteiger partial charge >= 0.3 is 0 Å². The van der Waals surface area contributed by atoms with Crippen LogP contribution in [0, 0.1) is 6.92 Å². The van der Waals surface area contributed by atoms with Gasteiger partial charge in [0.05, 0.1) is 0 Å². The summed E-state index contributed by atoms with van der Waals surface area (Å²) in [7, 11) is 2.04. The predicted octanol–water partition coefficient (Wildman–Crippen LogP) is 4.65. The third-order valence-corrected chi connectivity index (χ3v) is 4.07. The standard InChI is InChI=1S/C20H21N/c1-15-7-5-8-16(13-15)14-20(21-2)19-12-6-10-17-9-3-4-11-18(17)19/h3-13,20-21H,14H2,1-2H3. The lowest BCUT2D eigenvalue weighted by atomic mass is 9.94. The van der Waals surface area contributed by atoms with E-state index in [1.54, 1.807) is 0 Å². The molecule has 3 aromatic carbocycles. The van der Waals surface area contributed by atoms with E-state index in [-0.39, 0.29) is 0 Å². The second-order valence-electron chi connectivity index (χ2n) is 5.60. The highest BCUT2D eigenvalue weighted by Crippen LogP contribution is 2.26. The number of aryl methyl sites for hydroxylation is 1. The lowest BCUT2D eigenvalue weighted by Crippen LogP contribution is -2.19. The molecule has 0 amide bonds. The van der Waals surface area contributed by atoms with Crippen LogP contribution in [0.25, 0.3) is 10.8 Å². The monoisotopic (exact) mass is 275 g/mol. The van der Waals surface area contributed by atoms with E-state index in [2.05, 4.69) is 79.0 Å². The number of hydrogen-bond acceptors (Lipinski definition) is 1. The molecule has 0 aliphatic carbocycles. The summed E-state index contributed by atoms with van der Waals surface area (Å²) in [6.07, 6.45) is 1.01. The Hall–Kier alpha value is -2.12. The number of fused-ring (bicyclic) bond motifs is 1. The summed E-state index contributed by atoms with van der Waals surface area (Å²) in [4.78, 5) is 0. The predicted molar refractivity (Wildman–Crippen MR) is 90.6 cm³/mol. The highest BCUT2D eigenvalue weighted by Gasteiger charge is 2.13. The Kier molecular flexibility index (Phi) is 4.03. The van der Waals surface area contributed by atoms with Crippen LogP contribution in [0.1, 0.15) is 22.7 Å². The summed E-state index contributed by atoms with van der Waals surface area (Å²) in [6.45, 7) is 2.15. The van der Waals surface area contributed by atoms with Gasteiger partial charge in [0.25, 0.3) is 0 Å². The van der Waals surface area contributed by atoms with Crippen LogP contribution in [-0.2, 0) is 6.42 Å². The zero-order valence-corrected chi connectivity index (χ0v) is 12.6. The molecule has 0 saturated carbocycles. The van der Waals surface area contributed by atoms with Crippen molar-refractivity contribution in [2.45, 2.75) is 19.4 Å². The Balaban J connectivity index is 1.98. The van der Waals surface area contributed by atoms with Crippen LogP contribution in [-0.4, -0.2) is 7.05 Å². The Morgan fingerprint density at radius 3 is 2.48 bits per heavy atom. The minimum atomic E-state index is 0.331. The molecule has 0 spiro atoms. The average Bonchev–Trinajstić information content (AvgIpc) is 2.52. The van der Waals surface area contributed by atoms with Crippen LogP contribution in [0.15, 0.2) is 66.7 Å². The Morgan fingerprint density at radius 2 is 1.67 bits per heavy atom. The SMILES string of the molecule is CNC(Cc1cccc(C)c1)c1cccc2ccccc12. The van der Waals surface area contributed by atoms with Crippen molar-refractivity contribution in [2.75, 3.05) is 7.05 Å². The van der Waals surface area contributed by atoms with Gasteiger partial charge in [-0.05, 0) is 42.3 Å². The second-order valence-corrected chi connectivity index (χ2v) is 5.60. The first-order valence-electron chi connectivity index (χ1n) is 7.48. The average molecular weight is 275 g/mol. The van der Waals surface area contributed by atoms with E-state index in [1.807, 2.05) is 7.05 Å². The molecule has 1 N–H and O–H groups in total. The third kappa shape index (κ3) is 2.98. The number of benzene rings is 3. The maximum Gasteiger partial charge on any atom is 0.0364 e. The zero-order valence-electron chi connectivity index (χ0n) is 12.6. The first-order valence-corrected chi connectivity index (χ1v) is 7.48. The highest BCUT2D eigenvalue weighted by atomic mass is 14.9. The van der Waals surface area contributed by atoms with Crippen molar-refractivity contribution in [1.29, 1.82) is 0 Å². The Bertz CT molecular complexity index is 740. The molecule has 0 aliphatic heterocycles. The minimum absolute atomic E-state index is 0.331. The van der Waals surface area contributed by atoms with Crippen molar-refractivity contribution in [2.24, 2.45) is 0 Å². The van der Waals surface area contributed by atoms with Gasteiger partial charge in [0.1, 0.15) is 0 Å². The van der Waals surface area contributed by atoms with Gasteiger partial charge in [0, 0.05) is 6.04 Å². The molecule has 1 atom stereocenters. The van der Waals surface area contributed by atoms with E-state index < -0.39 is 0 Å². The fraction of sp³-hybridized carbons (Fsp3) is 0.200. The molecule has 0 saturated heterocycles. The molecule has 3 rings (SSSR count). The zero-order chi connectivity index (χ0) is 14.7. The second kappa shape index (κ2) is 6.11. The molecule has 1 heteroatoms. The number of likely N-dealkylation sites (N-methyl/N-ethyl adjacent to an activating group) is 1. The molecule has 0 bridgehead atoms. The maximum absolute atomic E-state index is 3.48. The molecule has 0 fully saturated rings. The molecular weight excluding hydrogens is 254 g/mol. The lowest BCUT2D eigenvalue weighted by molar-refractivity contribution is 0.596. The van der Waals surface area contributed by atoms with Crippen LogP contribution >= 0.6 is 0 Å². The van der Waals surface area contributed by atoms with Crippen molar-refractivity contribution in [3.63, 3.8) is 0 Å². The highest BCUT2D eigenvalue weighted by molar-refractivity contribution is 5.86. The summed E-state index contributed by atoms with van der Waals surface area (Å²) >= 11 is 0. The molecule has 3 aromatic rings. The fourth-order valence-corrected chi connectivity index (χ4v) is 3.00. The number of rotatable bonds is 4. The van der Waals surface area contributed by atoms with Crippen LogP contribution in [0.2, 0.25) is 0 Å². The van der Waals surface area contributed by atoms with Gasteiger partial charge in [-0.15, -0.1) is 0 Å². The summed E-state index contributed by atoms with van der Waals surface area (Å²) in [5, 5.41) is 6.12. The molecule has 0 heterocycles. The van der Waals surface area contributed by atoms with Gasteiger partial charge in [0.15, 0.2) is 0 Å². The fourth-order valence-electron chi connectivity index (χ4n) is 3.00. The molecule has 1 unspecified atom stereocenters. The van der Waals surface area contributed by atoms with Gasteiger partial charge in [-0.1, -0.05) is 72.3 Å². The van der Waals surface area contributed by atoms with E-state index in [9.17, 15) is 0 Å². The first-order chi connectivity index (χ1) is 10.3. The van der Waals surface area contributed by atoms with Crippen LogP contribution < -0.4 is 5.32 Å². The smallest absolute Gasteiger partial charge is 0.0364 e. The summed E-state index contributed by atoms with van der Waals surface area (Å²) in [5.41, 5.74) is 4.07. The number of nitrogens with one attached hydrogen (secondary N) is 1. The van der Waals surface area contributed by atoms with E-state index in [4.69, 9.17) is 0 Å². The molecule has 21 heavy (non-hydrogen) atoms. The van der Waals surface area contributed by atoms with Crippen LogP contribution in [0.3, 0.4) is 0 Å². The molecule has 0 aromatic heterocycles. The van der Waals surface area contributed by atoms with Crippen molar-refractivity contribution < 1.29 is 0 Å². The molecule has 1 nitrogen and oxygen atoms in total. The summed E-state index contributed by atoms with van der Waals surface area (Å²) < 4.78 is 0. The van der Waals surface area contributed by atoms with Crippen molar-refractivity contribution in [3.05, 3.63) is 83.4 Å². The molecule has 0 aliphatic rings. The van der Waals surface area contributed by atoms with Crippen molar-refractivity contribution >= 4 is 10.8 Å². The summed E-state index contributed by atoms with van der Waals surface area (Å²) in [6, 6.07) is 24.3. The van der Waals surface area contributed by atoms with Crippen molar-refractivity contribution in [1.82, 2.24) is 5.32 Å². The third-order valence-electron chi connectivity index (χ3n) is 4.07. The van der Waals surface area contributed by atoms with E-state index in [0.717, 1.165) is 6.42 Å². The lowest BCUT2D eigenvalue weighted by Gasteiger charge is -2.19. The van der Waals surface area contributed by atoms with Crippen LogP contribution in [0.5, 0.6) is 0 Å². The first kappa shape index (κ1) is 13.8. The van der Waals surface area contributed by atoms with Gasteiger partial charge in [-0.25, -0.2) is 0 Å². The molecular formula is C20H21N. The van der Waals surface area contributed by atoms with E-state index in [1.165, 1.54) is 27.5 Å². The van der Waals surface area contributed by atoms with Crippen LogP contribution in [0.4, 0.5) is 0 Å². The maximum atomic E-state index is 3.48. The van der Waals surface area contributed by atoms with Gasteiger partial charge in [0.2, 0.25) is 0 Å². The van der Waals surface area contributed by atoms with E-state index in [0.29, 0.717) is 6.04 Å². The Labute approximate surface area is 126 Å². The van der Waals surface area contributed by atoms with Gasteiger partial charge < -0.3 is 5.32 Å². The normalized spacial score (nSPS) is 12.5. The van der Waals surface area contributed by atoms with Gasteiger partial charge in [-0.2, -0.15) is 0 Å². The quantitative estimate of drug-likeness (QED) is 0.730. The van der Waals surface area contributed by atoms with Crippen molar-refractivity contribution in [3.8, 4) is 0 Å².